The van der Waals surface area contributed by atoms with Gasteiger partial charge < -0.3 is 9.64 Å². The van der Waals surface area contributed by atoms with E-state index in [1.807, 2.05) is 0 Å². The number of halogens is 13. The van der Waals surface area contributed by atoms with E-state index in [0.29, 0.717) is 32.8 Å². The van der Waals surface area contributed by atoms with Crippen LogP contribution in [-0.2, 0) is 10.3 Å². The van der Waals surface area contributed by atoms with Gasteiger partial charge in [-0.05, 0) is 38.5 Å². The third-order valence-corrected chi connectivity index (χ3v) is 5.61. The molecule has 0 amide bonds. The van der Waals surface area contributed by atoms with Crippen molar-refractivity contribution < 1.29 is 61.8 Å². The van der Waals surface area contributed by atoms with Gasteiger partial charge in [-0.15, -0.1) is 0 Å². The Bertz CT molecular complexity index is 848. The molecule has 204 valence electrons. The Hall–Kier alpha value is -1.93. The Kier molecular flexibility index (Phi) is 8.45. The number of ether oxygens (including phenoxy) is 1. The molecule has 0 saturated heterocycles. The highest BCUT2D eigenvalue weighted by Crippen LogP contribution is 2.61. The minimum atomic E-state index is -7.93. The monoisotopic (exact) mass is 539 g/mol. The normalized spacial score (nSPS) is 16.3. The summed E-state index contributed by atoms with van der Waals surface area (Å²) < 4.78 is 179. The van der Waals surface area contributed by atoms with Crippen LogP contribution in [0.5, 0.6) is 0 Å². The Morgan fingerprint density at radius 2 is 1.06 bits per heavy atom. The summed E-state index contributed by atoms with van der Waals surface area (Å²) in [5, 5.41) is 0. The predicted molar refractivity (Wildman–Crippen MR) is 99.8 cm³/mol. The van der Waals surface area contributed by atoms with E-state index in [4.69, 9.17) is 4.74 Å². The SMILES string of the molecule is CCN(CC)c1ccc(C(C)(CC(F)(F)C(F)(F)C(F)(F)C(F)(F)C(F)(F)C(F)(F)F)OC)cc1. The van der Waals surface area contributed by atoms with Gasteiger partial charge in [0.25, 0.3) is 0 Å². The number of alkyl halides is 13. The molecule has 0 heterocycles. The second-order valence-corrected chi connectivity index (χ2v) is 7.83. The highest BCUT2D eigenvalue weighted by Gasteiger charge is 2.90. The third-order valence-electron chi connectivity index (χ3n) is 5.61. The summed E-state index contributed by atoms with van der Waals surface area (Å²) >= 11 is 0. The van der Waals surface area contributed by atoms with Crippen LogP contribution in [0, 0.1) is 0 Å². The molecule has 0 saturated carbocycles. The molecular formula is C20H22F13NO. The Labute approximate surface area is 192 Å². The molecule has 0 radical (unpaired) electrons. The summed E-state index contributed by atoms with van der Waals surface area (Å²) in [5.74, 6) is -37.1. The van der Waals surface area contributed by atoms with E-state index in [1.165, 1.54) is 12.1 Å². The molecule has 1 aromatic rings. The van der Waals surface area contributed by atoms with E-state index >= 15 is 0 Å². The van der Waals surface area contributed by atoms with Crippen molar-refractivity contribution in [3.63, 3.8) is 0 Å². The Morgan fingerprint density at radius 3 is 1.40 bits per heavy atom. The number of nitrogens with zero attached hydrogens (tertiary/aromatic N) is 1. The molecule has 1 aromatic carbocycles. The molecule has 0 aliphatic heterocycles. The summed E-state index contributed by atoms with van der Waals surface area (Å²) in [6.07, 6.45) is -9.92. The highest BCUT2D eigenvalue weighted by atomic mass is 19.4. The second-order valence-electron chi connectivity index (χ2n) is 7.83. The van der Waals surface area contributed by atoms with Crippen molar-refractivity contribution in [3.8, 4) is 0 Å². The van der Waals surface area contributed by atoms with Gasteiger partial charge in [0.2, 0.25) is 0 Å². The molecule has 1 atom stereocenters. The van der Waals surface area contributed by atoms with Gasteiger partial charge in [-0.1, -0.05) is 12.1 Å². The zero-order chi connectivity index (χ0) is 27.9. The first-order chi connectivity index (χ1) is 15.5. The van der Waals surface area contributed by atoms with Crippen LogP contribution in [0.1, 0.15) is 32.8 Å². The van der Waals surface area contributed by atoms with Crippen LogP contribution < -0.4 is 4.90 Å². The Balaban J connectivity index is 3.47. The molecule has 35 heavy (non-hydrogen) atoms. The van der Waals surface area contributed by atoms with Gasteiger partial charge in [0, 0.05) is 25.9 Å². The number of anilines is 1. The van der Waals surface area contributed by atoms with Crippen molar-refractivity contribution >= 4 is 5.69 Å². The summed E-state index contributed by atoms with van der Waals surface area (Å²) in [4.78, 5) is 1.78. The van der Waals surface area contributed by atoms with Crippen LogP contribution in [-0.4, -0.2) is 56.0 Å². The molecule has 0 aliphatic carbocycles. The van der Waals surface area contributed by atoms with E-state index in [9.17, 15) is 57.1 Å². The van der Waals surface area contributed by atoms with Gasteiger partial charge >= 0.3 is 35.8 Å². The number of benzene rings is 1. The van der Waals surface area contributed by atoms with Crippen LogP contribution in [0.15, 0.2) is 24.3 Å². The quantitative estimate of drug-likeness (QED) is 0.270. The molecule has 0 bridgehead atoms. The van der Waals surface area contributed by atoms with Crippen LogP contribution in [0.25, 0.3) is 0 Å². The van der Waals surface area contributed by atoms with Gasteiger partial charge in [-0.2, -0.15) is 57.1 Å². The molecule has 0 fully saturated rings. The number of hydrogen-bond donors (Lipinski definition) is 0. The molecule has 0 aromatic heterocycles. The summed E-state index contributed by atoms with van der Waals surface area (Å²) in [6.45, 7) is 5.26. The number of hydrogen-bond acceptors (Lipinski definition) is 2. The number of rotatable bonds is 11. The van der Waals surface area contributed by atoms with E-state index < -0.39 is 47.8 Å². The molecule has 1 rings (SSSR count). The molecule has 15 heteroatoms. The lowest BCUT2D eigenvalue weighted by molar-refractivity contribution is -0.441. The van der Waals surface area contributed by atoms with Crippen molar-refractivity contribution in [1.29, 1.82) is 0 Å². The topological polar surface area (TPSA) is 12.5 Å². The smallest absolute Gasteiger partial charge is 0.374 e. The number of methoxy groups -OCH3 is 1. The highest BCUT2D eigenvalue weighted by molar-refractivity contribution is 5.48. The Morgan fingerprint density at radius 1 is 0.657 bits per heavy atom. The van der Waals surface area contributed by atoms with Crippen molar-refractivity contribution in [2.45, 2.75) is 68.6 Å². The van der Waals surface area contributed by atoms with Crippen LogP contribution in [0.2, 0.25) is 0 Å². The van der Waals surface area contributed by atoms with Crippen LogP contribution in [0.3, 0.4) is 0 Å². The molecule has 2 nitrogen and oxygen atoms in total. The third kappa shape index (κ3) is 5.01. The van der Waals surface area contributed by atoms with E-state index in [2.05, 4.69) is 0 Å². The summed E-state index contributed by atoms with van der Waals surface area (Å²) in [5.41, 5.74) is -2.36. The first-order valence-electron chi connectivity index (χ1n) is 9.87. The lowest BCUT2D eigenvalue weighted by Crippen LogP contribution is -2.70. The first-order valence-corrected chi connectivity index (χ1v) is 9.87. The minimum absolute atomic E-state index is 0.318. The van der Waals surface area contributed by atoms with E-state index in [1.54, 1.807) is 18.7 Å². The van der Waals surface area contributed by atoms with Crippen LogP contribution >= 0.6 is 0 Å². The molecule has 0 spiro atoms. The molecule has 1 unspecified atom stereocenters. The predicted octanol–water partition coefficient (Wildman–Crippen LogP) is 7.52. The summed E-state index contributed by atoms with van der Waals surface area (Å²) in [6, 6.07) is 4.86. The second kappa shape index (κ2) is 9.51. The lowest BCUT2D eigenvalue weighted by atomic mass is 9.84. The van der Waals surface area contributed by atoms with E-state index in [-0.39, 0.29) is 5.56 Å². The van der Waals surface area contributed by atoms with Gasteiger partial charge in [0.1, 0.15) is 0 Å². The first kappa shape index (κ1) is 31.1. The fourth-order valence-electron chi connectivity index (χ4n) is 3.24. The fourth-order valence-corrected chi connectivity index (χ4v) is 3.24. The fraction of sp³-hybridized carbons (Fsp3) is 0.700. The molecule has 0 N–H and O–H groups in total. The van der Waals surface area contributed by atoms with E-state index in [0.717, 1.165) is 12.1 Å². The van der Waals surface area contributed by atoms with Gasteiger partial charge in [-0.25, -0.2) is 0 Å². The average molecular weight is 539 g/mol. The lowest BCUT2D eigenvalue weighted by Gasteiger charge is -2.42. The maximum Gasteiger partial charge on any atom is 0.460 e. The zero-order valence-electron chi connectivity index (χ0n) is 18.7. The minimum Gasteiger partial charge on any atom is -0.374 e. The van der Waals surface area contributed by atoms with Gasteiger partial charge in [-0.3, -0.25) is 0 Å². The maximum atomic E-state index is 14.4. The average Bonchev–Trinajstić information content (AvgIpc) is 2.73. The van der Waals surface area contributed by atoms with Crippen LogP contribution in [0.4, 0.5) is 62.8 Å². The summed E-state index contributed by atoms with van der Waals surface area (Å²) in [7, 11) is 0.692. The largest absolute Gasteiger partial charge is 0.460 e. The van der Waals surface area contributed by atoms with Gasteiger partial charge in [0.15, 0.2) is 0 Å². The zero-order valence-corrected chi connectivity index (χ0v) is 18.7. The van der Waals surface area contributed by atoms with Gasteiger partial charge in [0.05, 0.1) is 12.0 Å². The van der Waals surface area contributed by atoms with Crippen molar-refractivity contribution in [2.24, 2.45) is 0 Å². The molecular weight excluding hydrogens is 517 g/mol. The molecule has 0 aliphatic rings. The standard InChI is InChI=1S/C20H22F13NO/c1-5-34(6-2)13-9-7-12(8-10-13)14(3,35-4)11-15(21,22)16(23,24)17(25,26)18(27,28)19(29,30)20(31,32)33/h7-10H,5-6,11H2,1-4H3. The van der Waals surface area contributed by atoms with Crippen molar-refractivity contribution in [1.82, 2.24) is 0 Å². The maximum absolute atomic E-state index is 14.4. The van der Waals surface area contributed by atoms with Crippen molar-refractivity contribution in [3.05, 3.63) is 29.8 Å². The van der Waals surface area contributed by atoms with Crippen molar-refractivity contribution in [2.75, 3.05) is 25.1 Å².